The molecule has 1 saturated heterocycles. The number of anilines is 1. The summed E-state index contributed by atoms with van der Waals surface area (Å²) >= 11 is 5.67. The number of nitrogens with one attached hydrogen (secondary N) is 1. The van der Waals surface area contributed by atoms with E-state index in [-0.39, 0.29) is 30.0 Å². The monoisotopic (exact) mass is 303 g/mol. The van der Waals surface area contributed by atoms with Gasteiger partial charge in [-0.05, 0) is 25.0 Å². The van der Waals surface area contributed by atoms with Gasteiger partial charge in [-0.1, -0.05) is 17.7 Å². The van der Waals surface area contributed by atoms with Crippen LogP contribution in [-0.4, -0.2) is 43.7 Å². The summed E-state index contributed by atoms with van der Waals surface area (Å²) in [5, 5.41) is 12.6. The second kappa shape index (κ2) is 7.78. The van der Waals surface area contributed by atoms with Crippen LogP contribution in [0, 0.1) is 5.82 Å². The molecule has 0 saturated carbocycles. The van der Waals surface area contributed by atoms with Crippen LogP contribution in [0.1, 0.15) is 12.8 Å². The Balaban J connectivity index is 1.66. The highest BCUT2D eigenvalue weighted by molar-refractivity contribution is 6.31. The standard InChI is InChI=1S/C14H19ClFNO3/c15-12-4-1-5-13(14(12)16)17-7-10(18)8-19-9-11-3-2-6-20-11/h1,4-5,10-11,17-18H,2-3,6-9H2. The Morgan fingerprint density at radius 1 is 1.55 bits per heavy atom. The van der Waals surface area contributed by atoms with E-state index in [4.69, 9.17) is 21.1 Å². The highest BCUT2D eigenvalue weighted by atomic mass is 35.5. The third-order valence-corrected chi connectivity index (χ3v) is 3.41. The second-order valence-corrected chi connectivity index (χ2v) is 5.22. The van der Waals surface area contributed by atoms with E-state index in [0.29, 0.717) is 6.61 Å². The lowest BCUT2D eigenvalue weighted by Crippen LogP contribution is -2.27. The summed E-state index contributed by atoms with van der Waals surface area (Å²) < 4.78 is 24.4. The van der Waals surface area contributed by atoms with Gasteiger partial charge in [-0.2, -0.15) is 0 Å². The van der Waals surface area contributed by atoms with E-state index >= 15 is 0 Å². The lowest BCUT2D eigenvalue weighted by Gasteiger charge is -2.15. The number of aliphatic hydroxyl groups is 1. The zero-order valence-corrected chi connectivity index (χ0v) is 11.9. The molecule has 0 amide bonds. The molecule has 1 aromatic carbocycles. The fourth-order valence-corrected chi connectivity index (χ4v) is 2.21. The minimum Gasteiger partial charge on any atom is -0.389 e. The number of benzene rings is 1. The molecule has 1 aromatic rings. The number of aliphatic hydroxyl groups excluding tert-OH is 1. The summed E-state index contributed by atoms with van der Waals surface area (Å²) in [6.07, 6.45) is 1.49. The largest absolute Gasteiger partial charge is 0.389 e. The third kappa shape index (κ3) is 4.59. The SMILES string of the molecule is OC(CNc1cccc(Cl)c1F)COCC1CCCO1. The van der Waals surface area contributed by atoms with Crippen LogP contribution in [0.5, 0.6) is 0 Å². The van der Waals surface area contributed by atoms with Gasteiger partial charge in [0.2, 0.25) is 0 Å². The molecule has 0 spiro atoms. The van der Waals surface area contributed by atoms with Crippen molar-refractivity contribution in [1.29, 1.82) is 0 Å². The number of hydrogen-bond acceptors (Lipinski definition) is 4. The van der Waals surface area contributed by atoms with Crippen LogP contribution >= 0.6 is 11.6 Å². The van der Waals surface area contributed by atoms with Crippen LogP contribution in [-0.2, 0) is 9.47 Å². The van der Waals surface area contributed by atoms with Crippen LogP contribution < -0.4 is 5.32 Å². The molecular formula is C14H19ClFNO3. The molecule has 2 rings (SSSR count). The lowest BCUT2D eigenvalue weighted by atomic mass is 10.2. The van der Waals surface area contributed by atoms with Gasteiger partial charge in [-0.15, -0.1) is 0 Å². The van der Waals surface area contributed by atoms with Crippen LogP contribution in [0.25, 0.3) is 0 Å². The first kappa shape index (κ1) is 15.5. The number of halogens is 2. The van der Waals surface area contributed by atoms with Crippen LogP contribution in [0.4, 0.5) is 10.1 Å². The molecular weight excluding hydrogens is 285 g/mol. The molecule has 1 aliphatic heterocycles. The molecule has 2 unspecified atom stereocenters. The average Bonchev–Trinajstić information content (AvgIpc) is 2.94. The molecule has 1 fully saturated rings. The summed E-state index contributed by atoms with van der Waals surface area (Å²) in [6, 6.07) is 4.69. The van der Waals surface area contributed by atoms with Crippen LogP contribution in [0.2, 0.25) is 5.02 Å². The Kier molecular flexibility index (Phi) is 6.04. The van der Waals surface area contributed by atoms with E-state index in [9.17, 15) is 9.50 Å². The Morgan fingerprint density at radius 3 is 3.15 bits per heavy atom. The topological polar surface area (TPSA) is 50.7 Å². The fraction of sp³-hybridized carbons (Fsp3) is 0.571. The third-order valence-electron chi connectivity index (χ3n) is 3.12. The normalized spacial score (nSPS) is 20.1. The molecule has 0 radical (unpaired) electrons. The molecule has 4 nitrogen and oxygen atoms in total. The minimum atomic E-state index is -0.713. The molecule has 1 aliphatic rings. The number of rotatable bonds is 7. The molecule has 6 heteroatoms. The van der Waals surface area contributed by atoms with Crippen molar-refractivity contribution in [2.45, 2.75) is 25.0 Å². The van der Waals surface area contributed by atoms with Crippen molar-refractivity contribution >= 4 is 17.3 Å². The maximum absolute atomic E-state index is 13.6. The predicted octanol–water partition coefficient (Wildman–Crippen LogP) is 2.45. The van der Waals surface area contributed by atoms with E-state index in [1.165, 1.54) is 6.07 Å². The second-order valence-electron chi connectivity index (χ2n) is 4.81. The Labute approximate surface area is 122 Å². The summed E-state index contributed by atoms with van der Waals surface area (Å²) in [5.74, 6) is -0.512. The Morgan fingerprint density at radius 2 is 2.40 bits per heavy atom. The maximum atomic E-state index is 13.6. The van der Waals surface area contributed by atoms with Crippen molar-refractivity contribution in [2.24, 2.45) is 0 Å². The first-order valence-electron chi connectivity index (χ1n) is 6.72. The van der Waals surface area contributed by atoms with E-state index in [0.717, 1.165) is 19.4 Å². The minimum absolute atomic E-state index is 0.0547. The summed E-state index contributed by atoms with van der Waals surface area (Å²) in [4.78, 5) is 0. The zero-order chi connectivity index (χ0) is 14.4. The molecule has 2 N–H and O–H groups in total. The Hall–Kier alpha value is -0.880. The predicted molar refractivity (Wildman–Crippen MR) is 75.7 cm³/mol. The van der Waals surface area contributed by atoms with E-state index in [1.54, 1.807) is 12.1 Å². The molecule has 2 atom stereocenters. The molecule has 0 bridgehead atoms. The van der Waals surface area contributed by atoms with E-state index < -0.39 is 11.9 Å². The lowest BCUT2D eigenvalue weighted by molar-refractivity contribution is -0.0137. The maximum Gasteiger partial charge on any atom is 0.164 e. The van der Waals surface area contributed by atoms with Gasteiger partial charge in [0.15, 0.2) is 5.82 Å². The van der Waals surface area contributed by atoms with Gasteiger partial charge >= 0.3 is 0 Å². The van der Waals surface area contributed by atoms with Crippen molar-refractivity contribution in [1.82, 2.24) is 0 Å². The molecule has 0 aromatic heterocycles. The Bertz CT molecular complexity index is 427. The molecule has 20 heavy (non-hydrogen) atoms. The van der Waals surface area contributed by atoms with E-state index in [2.05, 4.69) is 5.32 Å². The summed E-state index contributed by atoms with van der Waals surface area (Å²) in [7, 11) is 0. The van der Waals surface area contributed by atoms with Gasteiger partial charge in [-0.3, -0.25) is 0 Å². The van der Waals surface area contributed by atoms with E-state index in [1.807, 2.05) is 0 Å². The fourth-order valence-electron chi connectivity index (χ4n) is 2.04. The zero-order valence-electron chi connectivity index (χ0n) is 11.1. The van der Waals surface area contributed by atoms with Crippen LogP contribution in [0.3, 0.4) is 0 Å². The van der Waals surface area contributed by atoms with Crippen LogP contribution in [0.15, 0.2) is 18.2 Å². The van der Waals surface area contributed by atoms with Gasteiger partial charge in [-0.25, -0.2) is 4.39 Å². The summed E-state index contributed by atoms with van der Waals surface area (Å²) in [5.41, 5.74) is 0.274. The average molecular weight is 304 g/mol. The highest BCUT2D eigenvalue weighted by Crippen LogP contribution is 2.21. The van der Waals surface area contributed by atoms with Crippen molar-refractivity contribution in [3.63, 3.8) is 0 Å². The molecule has 0 aliphatic carbocycles. The summed E-state index contributed by atoms with van der Waals surface area (Å²) in [6.45, 7) is 1.66. The highest BCUT2D eigenvalue weighted by Gasteiger charge is 2.16. The van der Waals surface area contributed by atoms with Gasteiger partial charge < -0.3 is 19.9 Å². The van der Waals surface area contributed by atoms with Gasteiger partial charge in [0, 0.05) is 13.2 Å². The smallest absolute Gasteiger partial charge is 0.164 e. The van der Waals surface area contributed by atoms with Crippen molar-refractivity contribution in [3.05, 3.63) is 29.0 Å². The van der Waals surface area contributed by atoms with Crippen molar-refractivity contribution in [2.75, 3.05) is 31.7 Å². The van der Waals surface area contributed by atoms with Gasteiger partial charge in [0.25, 0.3) is 0 Å². The first-order chi connectivity index (χ1) is 9.66. The first-order valence-corrected chi connectivity index (χ1v) is 7.10. The van der Waals surface area contributed by atoms with Gasteiger partial charge in [0.05, 0.1) is 36.1 Å². The van der Waals surface area contributed by atoms with Crippen molar-refractivity contribution in [3.8, 4) is 0 Å². The van der Waals surface area contributed by atoms with Gasteiger partial charge in [0.1, 0.15) is 0 Å². The quantitative estimate of drug-likeness (QED) is 0.812. The molecule has 1 heterocycles. The molecule has 112 valence electrons. The number of ether oxygens (including phenoxy) is 2. The number of hydrogen-bond donors (Lipinski definition) is 2. The van der Waals surface area contributed by atoms with Crippen molar-refractivity contribution < 1.29 is 19.0 Å².